The first-order valence-electron chi connectivity index (χ1n) is 6.31. The van der Waals surface area contributed by atoms with E-state index in [1.165, 1.54) is 6.92 Å². The van der Waals surface area contributed by atoms with Crippen LogP contribution in [0.3, 0.4) is 0 Å². The van der Waals surface area contributed by atoms with E-state index in [1.54, 1.807) is 6.21 Å². The van der Waals surface area contributed by atoms with E-state index in [0.717, 1.165) is 16.8 Å². The molecule has 0 spiro atoms. The number of oxime groups is 1. The zero-order chi connectivity index (χ0) is 14.2. The fraction of sp³-hybridized carbons (Fsp3) is 0.125. The summed E-state index contributed by atoms with van der Waals surface area (Å²) in [6, 6.07) is 17.2. The van der Waals surface area contributed by atoms with Crippen molar-refractivity contribution >= 4 is 17.8 Å². The summed E-state index contributed by atoms with van der Waals surface area (Å²) in [5.41, 5.74) is 2.75. The summed E-state index contributed by atoms with van der Waals surface area (Å²) < 4.78 is 0. The number of hydrogen-bond donors (Lipinski definition) is 1. The Morgan fingerprint density at radius 1 is 1.15 bits per heavy atom. The van der Waals surface area contributed by atoms with E-state index in [-0.39, 0.29) is 5.91 Å². The maximum absolute atomic E-state index is 10.9. The third-order valence-electron chi connectivity index (χ3n) is 2.58. The van der Waals surface area contributed by atoms with Gasteiger partial charge in [0, 0.05) is 12.6 Å². The molecule has 0 atom stereocenters. The summed E-state index contributed by atoms with van der Waals surface area (Å²) in [6.45, 7) is 1.92. The standard InChI is InChI=1S/C16H16N2O2/c1-13(19)18-16-9-7-14(8-10-16)11-17-20-12-15-5-3-2-4-6-15/h2-11H,12H2,1H3,(H,18,19)/b17-11+. The quantitative estimate of drug-likeness (QED) is 0.668. The van der Waals surface area contributed by atoms with Gasteiger partial charge in [0.05, 0.1) is 6.21 Å². The molecule has 4 nitrogen and oxygen atoms in total. The maximum atomic E-state index is 10.9. The number of carbonyl (C=O) groups excluding carboxylic acids is 1. The molecule has 0 aliphatic carbocycles. The molecule has 0 heterocycles. The van der Waals surface area contributed by atoms with Crippen molar-refractivity contribution in [1.82, 2.24) is 0 Å². The predicted octanol–water partition coefficient (Wildman–Crippen LogP) is 3.20. The van der Waals surface area contributed by atoms with Gasteiger partial charge in [-0.2, -0.15) is 0 Å². The Labute approximate surface area is 118 Å². The minimum Gasteiger partial charge on any atom is -0.391 e. The highest BCUT2D eigenvalue weighted by Crippen LogP contribution is 2.08. The Morgan fingerprint density at radius 3 is 2.50 bits per heavy atom. The van der Waals surface area contributed by atoms with Gasteiger partial charge in [-0.05, 0) is 23.3 Å². The van der Waals surface area contributed by atoms with Gasteiger partial charge in [-0.25, -0.2) is 0 Å². The molecule has 2 aromatic rings. The number of rotatable bonds is 5. The lowest BCUT2D eigenvalue weighted by atomic mass is 10.2. The largest absolute Gasteiger partial charge is 0.391 e. The van der Waals surface area contributed by atoms with Crippen molar-refractivity contribution in [2.24, 2.45) is 5.16 Å². The number of nitrogens with zero attached hydrogens (tertiary/aromatic N) is 1. The van der Waals surface area contributed by atoms with E-state index in [2.05, 4.69) is 10.5 Å². The molecule has 4 heteroatoms. The van der Waals surface area contributed by atoms with E-state index in [9.17, 15) is 4.79 Å². The molecule has 0 aliphatic heterocycles. The lowest BCUT2D eigenvalue weighted by molar-refractivity contribution is -0.114. The fourth-order valence-corrected chi connectivity index (χ4v) is 1.64. The van der Waals surface area contributed by atoms with Crippen LogP contribution in [-0.2, 0) is 16.2 Å². The summed E-state index contributed by atoms with van der Waals surface area (Å²) in [7, 11) is 0. The molecule has 0 radical (unpaired) electrons. The van der Waals surface area contributed by atoms with Crippen molar-refractivity contribution in [3.63, 3.8) is 0 Å². The van der Waals surface area contributed by atoms with Gasteiger partial charge < -0.3 is 10.2 Å². The second kappa shape index (κ2) is 7.09. The van der Waals surface area contributed by atoms with Crippen LogP contribution >= 0.6 is 0 Å². The fourth-order valence-electron chi connectivity index (χ4n) is 1.64. The van der Waals surface area contributed by atoms with Crippen LogP contribution in [0.15, 0.2) is 59.8 Å². The summed E-state index contributed by atoms with van der Waals surface area (Å²) >= 11 is 0. The van der Waals surface area contributed by atoms with E-state index in [4.69, 9.17) is 4.84 Å². The van der Waals surface area contributed by atoms with E-state index >= 15 is 0 Å². The van der Waals surface area contributed by atoms with Crippen molar-refractivity contribution in [2.75, 3.05) is 5.32 Å². The van der Waals surface area contributed by atoms with Crippen molar-refractivity contribution < 1.29 is 9.63 Å². The molecule has 0 fully saturated rings. The lowest BCUT2D eigenvalue weighted by Gasteiger charge is -2.01. The SMILES string of the molecule is CC(=O)Nc1ccc(/C=N/OCc2ccccc2)cc1. The van der Waals surface area contributed by atoms with Crippen LogP contribution in [0, 0.1) is 0 Å². The van der Waals surface area contributed by atoms with Crippen LogP contribution in [0.4, 0.5) is 5.69 Å². The number of carbonyl (C=O) groups is 1. The second-order valence-electron chi connectivity index (χ2n) is 4.30. The van der Waals surface area contributed by atoms with E-state index < -0.39 is 0 Å². The zero-order valence-corrected chi connectivity index (χ0v) is 11.2. The Bertz CT molecular complexity index is 577. The van der Waals surface area contributed by atoms with E-state index in [0.29, 0.717) is 6.61 Å². The van der Waals surface area contributed by atoms with Crippen LogP contribution in [0.2, 0.25) is 0 Å². The Kier molecular flexibility index (Phi) is 4.89. The molecule has 0 aromatic heterocycles. The summed E-state index contributed by atoms with van der Waals surface area (Å²) in [5, 5.41) is 6.62. The molecule has 0 unspecified atom stereocenters. The van der Waals surface area contributed by atoms with Gasteiger partial charge >= 0.3 is 0 Å². The monoisotopic (exact) mass is 268 g/mol. The van der Waals surface area contributed by atoms with Gasteiger partial charge in [0.25, 0.3) is 0 Å². The highest BCUT2D eigenvalue weighted by Gasteiger charge is 1.95. The molecule has 2 rings (SSSR count). The first-order chi connectivity index (χ1) is 9.74. The molecular formula is C16H16N2O2. The average Bonchev–Trinajstić information content (AvgIpc) is 2.46. The van der Waals surface area contributed by atoms with Crippen LogP contribution in [0.1, 0.15) is 18.1 Å². The lowest BCUT2D eigenvalue weighted by Crippen LogP contribution is -2.05. The van der Waals surface area contributed by atoms with Crippen LogP contribution < -0.4 is 5.32 Å². The summed E-state index contributed by atoms with van der Waals surface area (Å²) in [6.07, 6.45) is 1.64. The van der Waals surface area contributed by atoms with Crippen LogP contribution in [0.25, 0.3) is 0 Å². The van der Waals surface area contributed by atoms with Crippen molar-refractivity contribution in [1.29, 1.82) is 0 Å². The minimum absolute atomic E-state index is 0.0855. The summed E-state index contributed by atoms with van der Waals surface area (Å²) in [4.78, 5) is 16.1. The van der Waals surface area contributed by atoms with Gasteiger partial charge in [0.1, 0.15) is 6.61 Å². The minimum atomic E-state index is -0.0855. The number of benzene rings is 2. The predicted molar refractivity (Wildman–Crippen MR) is 79.6 cm³/mol. The normalized spacial score (nSPS) is 10.4. The molecule has 1 N–H and O–H groups in total. The maximum Gasteiger partial charge on any atom is 0.221 e. The summed E-state index contributed by atoms with van der Waals surface area (Å²) in [5.74, 6) is -0.0855. The topological polar surface area (TPSA) is 50.7 Å². The van der Waals surface area contributed by atoms with E-state index in [1.807, 2.05) is 54.6 Å². The molecule has 0 aliphatic rings. The Hall–Kier alpha value is -2.62. The number of nitrogens with one attached hydrogen (secondary N) is 1. The average molecular weight is 268 g/mol. The van der Waals surface area contributed by atoms with Crippen LogP contribution in [-0.4, -0.2) is 12.1 Å². The molecular weight excluding hydrogens is 252 g/mol. The van der Waals surface area contributed by atoms with Crippen molar-refractivity contribution in [3.05, 3.63) is 65.7 Å². The number of hydrogen-bond acceptors (Lipinski definition) is 3. The first kappa shape index (κ1) is 13.8. The van der Waals surface area contributed by atoms with Gasteiger partial charge in [-0.1, -0.05) is 47.6 Å². The van der Waals surface area contributed by atoms with Crippen molar-refractivity contribution in [2.45, 2.75) is 13.5 Å². The molecule has 0 saturated carbocycles. The van der Waals surface area contributed by atoms with Crippen molar-refractivity contribution in [3.8, 4) is 0 Å². The molecule has 1 amide bonds. The number of amides is 1. The molecule has 0 bridgehead atoms. The molecule has 0 saturated heterocycles. The van der Waals surface area contributed by atoms with Crippen LogP contribution in [0.5, 0.6) is 0 Å². The van der Waals surface area contributed by atoms with Gasteiger partial charge in [0.15, 0.2) is 0 Å². The molecule has 20 heavy (non-hydrogen) atoms. The number of anilines is 1. The highest BCUT2D eigenvalue weighted by atomic mass is 16.6. The smallest absolute Gasteiger partial charge is 0.221 e. The van der Waals surface area contributed by atoms with Gasteiger partial charge in [-0.15, -0.1) is 0 Å². The van der Waals surface area contributed by atoms with Gasteiger partial charge in [-0.3, -0.25) is 4.79 Å². The Balaban J connectivity index is 1.83. The van der Waals surface area contributed by atoms with Gasteiger partial charge in [0.2, 0.25) is 5.91 Å². The molecule has 102 valence electrons. The second-order valence-corrected chi connectivity index (χ2v) is 4.30. The molecule has 2 aromatic carbocycles. The first-order valence-corrected chi connectivity index (χ1v) is 6.31. The third-order valence-corrected chi connectivity index (χ3v) is 2.58. The zero-order valence-electron chi connectivity index (χ0n) is 11.2. The third kappa shape index (κ3) is 4.57. The Morgan fingerprint density at radius 2 is 1.85 bits per heavy atom. The highest BCUT2D eigenvalue weighted by molar-refractivity contribution is 5.89.